The number of hydrogen-bond acceptors (Lipinski definition) is 5. The van der Waals surface area contributed by atoms with Crippen LogP contribution < -0.4 is 5.73 Å². The van der Waals surface area contributed by atoms with Crippen molar-refractivity contribution in [2.45, 2.75) is 45.3 Å². The van der Waals surface area contributed by atoms with Crippen LogP contribution in [-0.2, 0) is 4.74 Å². The number of fused-ring (bicyclic) bond motifs is 1. The lowest BCUT2D eigenvalue weighted by Gasteiger charge is -2.33. The Morgan fingerprint density at radius 1 is 0.971 bits per heavy atom. The topological polar surface area (TPSA) is 86.3 Å². The second-order valence-corrected chi connectivity index (χ2v) is 10.1. The normalized spacial score (nSPS) is 14.9. The summed E-state index contributed by atoms with van der Waals surface area (Å²) in [7, 11) is 0. The van der Waals surface area contributed by atoms with Gasteiger partial charge in [0.2, 0.25) is 0 Å². The van der Waals surface area contributed by atoms with Crippen LogP contribution in [0.3, 0.4) is 0 Å². The Morgan fingerprint density at radius 3 is 2.46 bits per heavy atom. The number of ether oxygens (including phenoxy) is 1. The van der Waals surface area contributed by atoms with Gasteiger partial charge in [0.25, 0.3) is 0 Å². The van der Waals surface area contributed by atoms with Crippen molar-refractivity contribution in [3.05, 3.63) is 67.1 Å². The second-order valence-electron chi connectivity index (χ2n) is 10.1. The van der Waals surface area contributed by atoms with Crippen LogP contribution in [0.2, 0.25) is 0 Å². The number of pyridine rings is 1. The number of aromatic nitrogens is 3. The van der Waals surface area contributed by atoms with Crippen LogP contribution in [0, 0.1) is 0 Å². The average molecular weight is 470 g/mol. The number of benzene rings is 2. The van der Waals surface area contributed by atoms with Gasteiger partial charge in [-0.2, -0.15) is 5.10 Å². The molecule has 1 saturated heterocycles. The fourth-order valence-electron chi connectivity index (χ4n) is 4.55. The van der Waals surface area contributed by atoms with Gasteiger partial charge in [-0.3, -0.25) is 4.68 Å². The third-order valence-electron chi connectivity index (χ3n) is 6.40. The van der Waals surface area contributed by atoms with Gasteiger partial charge in [-0.05, 0) is 62.1 Å². The lowest BCUT2D eigenvalue weighted by Crippen LogP contribution is -2.42. The van der Waals surface area contributed by atoms with Gasteiger partial charge in [0.15, 0.2) is 0 Å². The standard InChI is InChI=1S/C28H31N5O2/c1-28(2,3)35-27(34)32-12-10-24(11-13-32)33-18-23(17-31-33)22-15-25(26(29)30-16-22)21-9-8-19-6-4-5-7-20(19)14-21/h4-9,14-18,24H,10-13H2,1-3H3,(H2,29,30). The van der Waals surface area contributed by atoms with Crippen molar-refractivity contribution in [2.75, 3.05) is 18.8 Å². The number of nitrogens with two attached hydrogens (primary N) is 1. The molecule has 1 aliphatic rings. The molecule has 0 saturated carbocycles. The molecule has 0 radical (unpaired) electrons. The van der Waals surface area contributed by atoms with Gasteiger partial charge in [0.1, 0.15) is 11.4 Å². The minimum Gasteiger partial charge on any atom is -0.444 e. The number of piperidine rings is 1. The Kier molecular flexibility index (Phi) is 5.93. The van der Waals surface area contributed by atoms with Crippen LogP contribution in [0.15, 0.2) is 67.1 Å². The minimum absolute atomic E-state index is 0.240. The highest BCUT2D eigenvalue weighted by Gasteiger charge is 2.28. The summed E-state index contributed by atoms with van der Waals surface area (Å²) in [6.07, 6.45) is 7.16. The van der Waals surface area contributed by atoms with E-state index in [0.717, 1.165) is 35.1 Å². The summed E-state index contributed by atoms with van der Waals surface area (Å²) >= 11 is 0. The molecule has 0 atom stereocenters. The maximum Gasteiger partial charge on any atom is 0.410 e. The van der Waals surface area contributed by atoms with Crippen molar-refractivity contribution in [1.29, 1.82) is 0 Å². The van der Waals surface area contributed by atoms with E-state index in [1.54, 1.807) is 11.1 Å². The largest absolute Gasteiger partial charge is 0.444 e. The predicted octanol–water partition coefficient (Wildman–Crippen LogP) is 5.92. The third-order valence-corrected chi connectivity index (χ3v) is 6.40. The highest BCUT2D eigenvalue weighted by Crippen LogP contribution is 2.32. The van der Waals surface area contributed by atoms with Gasteiger partial charge in [-0.25, -0.2) is 9.78 Å². The van der Waals surface area contributed by atoms with Crippen molar-refractivity contribution in [2.24, 2.45) is 0 Å². The molecule has 0 unspecified atom stereocenters. The zero-order chi connectivity index (χ0) is 24.6. The highest BCUT2D eigenvalue weighted by atomic mass is 16.6. The first-order valence-electron chi connectivity index (χ1n) is 12.0. The Bertz CT molecular complexity index is 1360. The fraction of sp³-hybridized carbons (Fsp3) is 0.321. The molecule has 1 aliphatic heterocycles. The van der Waals surface area contributed by atoms with Crippen molar-refractivity contribution in [3.8, 4) is 22.3 Å². The molecule has 180 valence electrons. The van der Waals surface area contributed by atoms with Gasteiger partial charge in [0.05, 0.1) is 12.2 Å². The molecular weight excluding hydrogens is 438 g/mol. The van der Waals surface area contributed by atoms with Crippen LogP contribution in [0.4, 0.5) is 10.6 Å². The zero-order valence-electron chi connectivity index (χ0n) is 20.4. The van der Waals surface area contributed by atoms with E-state index in [4.69, 9.17) is 10.5 Å². The van der Waals surface area contributed by atoms with E-state index in [9.17, 15) is 4.79 Å². The first kappa shape index (κ1) is 22.9. The van der Waals surface area contributed by atoms with Crippen molar-refractivity contribution in [1.82, 2.24) is 19.7 Å². The molecular formula is C28H31N5O2. The molecule has 1 fully saturated rings. The van der Waals surface area contributed by atoms with Crippen LogP contribution in [0.25, 0.3) is 33.0 Å². The number of carbonyl (C=O) groups excluding carboxylic acids is 1. The van der Waals surface area contributed by atoms with E-state index in [1.807, 2.05) is 43.8 Å². The smallest absolute Gasteiger partial charge is 0.410 e. The van der Waals surface area contributed by atoms with Crippen molar-refractivity contribution >= 4 is 22.7 Å². The lowest BCUT2D eigenvalue weighted by molar-refractivity contribution is 0.0185. The molecule has 5 rings (SSSR count). The number of nitrogens with zero attached hydrogens (tertiary/aromatic N) is 4. The quantitative estimate of drug-likeness (QED) is 0.402. The molecule has 3 heterocycles. The Hall–Kier alpha value is -3.87. The zero-order valence-corrected chi connectivity index (χ0v) is 20.4. The third kappa shape index (κ3) is 4.99. The second kappa shape index (κ2) is 9.06. The number of carbonyl (C=O) groups is 1. The maximum atomic E-state index is 12.4. The highest BCUT2D eigenvalue weighted by molar-refractivity contribution is 5.89. The molecule has 0 spiro atoms. The molecule has 0 aliphatic carbocycles. The Balaban J connectivity index is 1.32. The lowest BCUT2D eigenvalue weighted by atomic mass is 9.99. The molecule has 4 aromatic rings. The van der Waals surface area contributed by atoms with Crippen molar-refractivity contribution in [3.63, 3.8) is 0 Å². The van der Waals surface area contributed by atoms with E-state index in [0.29, 0.717) is 18.9 Å². The van der Waals surface area contributed by atoms with Crippen LogP contribution in [0.1, 0.15) is 39.7 Å². The summed E-state index contributed by atoms with van der Waals surface area (Å²) < 4.78 is 7.52. The average Bonchev–Trinajstić information content (AvgIpc) is 3.33. The maximum absolute atomic E-state index is 12.4. The van der Waals surface area contributed by atoms with E-state index < -0.39 is 5.60 Å². The molecule has 7 nitrogen and oxygen atoms in total. The predicted molar refractivity (Wildman–Crippen MR) is 139 cm³/mol. The number of likely N-dealkylation sites (tertiary alicyclic amines) is 1. The number of anilines is 1. The van der Waals surface area contributed by atoms with E-state index in [2.05, 4.69) is 52.7 Å². The molecule has 0 bridgehead atoms. The Labute approximate surface area is 205 Å². The molecule has 2 aromatic carbocycles. The van der Waals surface area contributed by atoms with E-state index in [-0.39, 0.29) is 12.1 Å². The molecule has 1 amide bonds. The van der Waals surface area contributed by atoms with Crippen LogP contribution in [-0.4, -0.2) is 44.4 Å². The summed E-state index contributed by atoms with van der Waals surface area (Å²) in [6.45, 7) is 6.98. The summed E-state index contributed by atoms with van der Waals surface area (Å²) in [5.74, 6) is 0.505. The minimum atomic E-state index is -0.483. The number of rotatable bonds is 3. The van der Waals surface area contributed by atoms with Gasteiger partial charge in [-0.1, -0.05) is 36.4 Å². The molecule has 2 aromatic heterocycles. The first-order valence-corrected chi connectivity index (χ1v) is 12.0. The van der Waals surface area contributed by atoms with Crippen molar-refractivity contribution < 1.29 is 9.53 Å². The number of nitrogen functional groups attached to an aromatic ring is 1. The monoisotopic (exact) mass is 469 g/mol. The molecule has 7 heteroatoms. The molecule has 35 heavy (non-hydrogen) atoms. The van der Waals surface area contributed by atoms with Gasteiger partial charge in [-0.15, -0.1) is 0 Å². The molecule has 2 N–H and O–H groups in total. The van der Waals surface area contributed by atoms with Gasteiger partial charge >= 0.3 is 6.09 Å². The SMILES string of the molecule is CC(C)(C)OC(=O)N1CCC(n2cc(-c3cnc(N)c(-c4ccc5ccccc5c4)c3)cn2)CC1. The number of amides is 1. The Morgan fingerprint density at radius 2 is 1.71 bits per heavy atom. The van der Waals surface area contributed by atoms with E-state index in [1.165, 1.54) is 10.8 Å². The van der Waals surface area contributed by atoms with Gasteiger partial charge in [0, 0.05) is 42.2 Å². The first-order chi connectivity index (χ1) is 16.8. The summed E-state index contributed by atoms with van der Waals surface area (Å²) in [6, 6.07) is 16.9. The van der Waals surface area contributed by atoms with Crippen LogP contribution >= 0.6 is 0 Å². The van der Waals surface area contributed by atoms with Gasteiger partial charge < -0.3 is 15.4 Å². The summed E-state index contributed by atoms with van der Waals surface area (Å²) in [5, 5.41) is 6.99. The fourth-order valence-corrected chi connectivity index (χ4v) is 4.55. The summed E-state index contributed by atoms with van der Waals surface area (Å²) in [5.41, 5.74) is 9.70. The number of hydrogen-bond donors (Lipinski definition) is 1. The van der Waals surface area contributed by atoms with E-state index >= 15 is 0 Å². The van der Waals surface area contributed by atoms with Crippen LogP contribution in [0.5, 0.6) is 0 Å². The summed E-state index contributed by atoms with van der Waals surface area (Å²) in [4.78, 5) is 18.6.